The molecule has 1 rings (SSSR count). The quantitative estimate of drug-likeness (QED) is 0.623. The van der Waals surface area contributed by atoms with Crippen LogP contribution in [0.4, 0.5) is 0 Å². The van der Waals surface area contributed by atoms with Crippen molar-refractivity contribution >= 4 is 11.9 Å². The largest absolute Gasteiger partial charge is 0.481 e. The van der Waals surface area contributed by atoms with Crippen molar-refractivity contribution in [1.82, 2.24) is 9.80 Å². The van der Waals surface area contributed by atoms with Crippen molar-refractivity contribution in [2.24, 2.45) is 0 Å². The summed E-state index contributed by atoms with van der Waals surface area (Å²) in [5.41, 5.74) is 0. The summed E-state index contributed by atoms with van der Waals surface area (Å²) in [5.74, 6) is -0.858. The minimum absolute atomic E-state index is 0.00667. The molecule has 6 heteroatoms. The molecule has 1 amide bonds. The van der Waals surface area contributed by atoms with Crippen molar-refractivity contribution in [3.63, 3.8) is 0 Å². The van der Waals surface area contributed by atoms with Crippen LogP contribution in [0.15, 0.2) is 0 Å². The number of carbonyl (C=O) groups is 2. The van der Waals surface area contributed by atoms with Gasteiger partial charge in [-0.05, 0) is 12.8 Å². The van der Waals surface area contributed by atoms with Gasteiger partial charge in [0.15, 0.2) is 0 Å². The third-order valence-corrected chi connectivity index (χ3v) is 2.88. The predicted molar refractivity (Wildman–Crippen MR) is 61.6 cm³/mol. The summed E-state index contributed by atoms with van der Waals surface area (Å²) in [5, 5.41) is 17.5. The van der Waals surface area contributed by atoms with E-state index in [9.17, 15) is 9.59 Å². The summed E-state index contributed by atoms with van der Waals surface area (Å²) in [6.45, 7) is 2.37. The van der Waals surface area contributed by atoms with Crippen LogP contribution in [0.3, 0.4) is 0 Å². The lowest BCUT2D eigenvalue weighted by molar-refractivity contribution is -0.138. The van der Waals surface area contributed by atoms with Gasteiger partial charge in [-0.2, -0.15) is 0 Å². The maximum atomic E-state index is 11.8. The first-order chi connectivity index (χ1) is 8.13. The highest BCUT2D eigenvalue weighted by atomic mass is 16.4. The van der Waals surface area contributed by atoms with Crippen molar-refractivity contribution in [2.75, 3.05) is 39.3 Å². The maximum Gasteiger partial charge on any atom is 0.304 e. The van der Waals surface area contributed by atoms with E-state index < -0.39 is 5.97 Å². The number of carbonyl (C=O) groups excluding carboxylic acids is 1. The number of aliphatic hydroxyl groups excluding tert-OH is 1. The first kappa shape index (κ1) is 13.9. The van der Waals surface area contributed by atoms with Crippen LogP contribution in [0.1, 0.15) is 19.3 Å². The summed E-state index contributed by atoms with van der Waals surface area (Å²) >= 11 is 0. The number of carboxylic acid groups (broad SMARTS) is 1. The number of carboxylic acids is 1. The lowest BCUT2D eigenvalue weighted by Gasteiger charge is -2.23. The zero-order valence-electron chi connectivity index (χ0n) is 9.97. The molecule has 1 heterocycles. The van der Waals surface area contributed by atoms with Gasteiger partial charge >= 0.3 is 5.97 Å². The van der Waals surface area contributed by atoms with E-state index in [1.54, 1.807) is 9.80 Å². The van der Waals surface area contributed by atoms with E-state index in [1.165, 1.54) is 0 Å². The monoisotopic (exact) mass is 244 g/mol. The first-order valence-corrected chi connectivity index (χ1v) is 5.96. The van der Waals surface area contributed by atoms with Gasteiger partial charge in [-0.1, -0.05) is 0 Å². The smallest absolute Gasteiger partial charge is 0.304 e. The SMILES string of the molecule is O=C(O)CCN(CCO)CC(=O)N1CCCC1. The summed E-state index contributed by atoms with van der Waals surface area (Å²) in [7, 11) is 0. The van der Waals surface area contributed by atoms with E-state index in [0.717, 1.165) is 25.9 Å². The maximum absolute atomic E-state index is 11.8. The highest BCUT2D eigenvalue weighted by molar-refractivity contribution is 5.78. The Morgan fingerprint density at radius 1 is 1.18 bits per heavy atom. The molecule has 98 valence electrons. The minimum Gasteiger partial charge on any atom is -0.481 e. The zero-order chi connectivity index (χ0) is 12.7. The molecular weight excluding hydrogens is 224 g/mol. The third kappa shape index (κ3) is 5.14. The summed E-state index contributed by atoms with van der Waals surface area (Å²) in [4.78, 5) is 25.8. The number of hydrogen-bond donors (Lipinski definition) is 2. The molecule has 0 saturated carbocycles. The van der Waals surface area contributed by atoms with E-state index in [2.05, 4.69) is 0 Å². The third-order valence-electron chi connectivity index (χ3n) is 2.88. The number of aliphatic carboxylic acids is 1. The number of aliphatic hydroxyl groups is 1. The normalized spacial score (nSPS) is 15.5. The fourth-order valence-corrected chi connectivity index (χ4v) is 1.92. The van der Waals surface area contributed by atoms with Crippen LogP contribution >= 0.6 is 0 Å². The summed E-state index contributed by atoms with van der Waals surface area (Å²) in [6, 6.07) is 0. The Morgan fingerprint density at radius 2 is 1.82 bits per heavy atom. The van der Waals surface area contributed by atoms with Crippen LogP contribution in [-0.4, -0.2) is 71.2 Å². The average Bonchev–Trinajstić information content (AvgIpc) is 2.79. The first-order valence-electron chi connectivity index (χ1n) is 5.96. The number of likely N-dealkylation sites (tertiary alicyclic amines) is 1. The van der Waals surface area contributed by atoms with E-state index in [-0.39, 0.29) is 25.5 Å². The second-order valence-electron chi connectivity index (χ2n) is 4.23. The van der Waals surface area contributed by atoms with Gasteiger partial charge in [-0.25, -0.2) is 0 Å². The Kier molecular flexibility index (Phi) is 5.93. The van der Waals surface area contributed by atoms with Gasteiger partial charge in [0.1, 0.15) is 0 Å². The topological polar surface area (TPSA) is 81.1 Å². The molecule has 0 radical (unpaired) electrons. The molecule has 0 aromatic carbocycles. The molecule has 0 aromatic heterocycles. The molecule has 1 saturated heterocycles. The molecule has 0 unspecified atom stereocenters. The van der Waals surface area contributed by atoms with E-state index in [4.69, 9.17) is 10.2 Å². The van der Waals surface area contributed by atoms with Crippen molar-refractivity contribution in [3.05, 3.63) is 0 Å². The van der Waals surface area contributed by atoms with Crippen LogP contribution in [0.25, 0.3) is 0 Å². The Bertz CT molecular complexity index is 264. The zero-order valence-corrected chi connectivity index (χ0v) is 9.97. The average molecular weight is 244 g/mol. The lowest BCUT2D eigenvalue weighted by Crippen LogP contribution is -2.40. The molecule has 17 heavy (non-hydrogen) atoms. The van der Waals surface area contributed by atoms with E-state index >= 15 is 0 Å². The molecule has 0 aromatic rings. The summed E-state index contributed by atoms with van der Waals surface area (Å²) in [6.07, 6.45) is 2.08. The van der Waals surface area contributed by atoms with Gasteiger partial charge in [0.05, 0.1) is 19.6 Å². The predicted octanol–water partition coefficient (Wildman–Crippen LogP) is -0.622. The molecule has 1 aliphatic heterocycles. The van der Waals surface area contributed by atoms with Crippen LogP contribution in [0, 0.1) is 0 Å². The van der Waals surface area contributed by atoms with Crippen molar-refractivity contribution in [2.45, 2.75) is 19.3 Å². The highest BCUT2D eigenvalue weighted by Gasteiger charge is 2.20. The highest BCUT2D eigenvalue weighted by Crippen LogP contribution is 2.08. The standard InChI is InChI=1S/C11H20N2O4/c14-8-7-12(6-3-11(16)17)9-10(15)13-4-1-2-5-13/h14H,1-9H2,(H,16,17). The number of hydrogen-bond acceptors (Lipinski definition) is 4. The summed E-state index contributed by atoms with van der Waals surface area (Å²) < 4.78 is 0. The number of amides is 1. The van der Waals surface area contributed by atoms with Crippen molar-refractivity contribution in [3.8, 4) is 0 Å². The second kappa shape index (κ2) is 7.24. The van der Waals surface area contributed by atoms with E-state index in [0.29, 0.717) is 13.1 Å². The Balaban J connectivity index is 2.35. The number of nitrogens with zero attached hydrogens (tertiary/aromatic N) is 2. The Hall–Kier alpha value is -1.14. The van der Waals surface area contributed by atoms with Gasteiger partial charge in [0.25, 0.3) is 0 Å². The molecule has 2 N–H and O–H groups in total. The fraction of sp³-hybridized carbons (Fsp3) is 0.818. The van der Waals surface area contributed by atoms with Gasteiger partial charge in [-0.3, -0.25) is 14.5 Å². The van der Waals surface area contributed by atoms with Crippen LogP contribution in [-0.2, 0) is 9.59 Å². The van der Waals surface area contributed by atoms with Crippen LogP contribution in [0.5, 0.6) is 0 Å². The molecule has 0 atom stereocenters. The molecule has 6 nitrogen and oxygen atoms in total. The molecule has 1 aliphatic rings. The Morgan fingerprint density at radius 3 is 2.35 bits per heavy atom. The van der Waals surface area contributed by atoms with Gasteiger partial charge in [-0.15, -0.1) is 0 Å². The Labute approximate surface area is 101 Å². The second-order valence-corrected chi connectivity index (χ2v) is 4.23. The van der Waals surface area contributed by atoms with Crippen molar-refractivity contribution < 1.29 is 19.8 Å². The lowest BCUT2D eigenvalue weighted by atomic mass is 10.3. The molecule has 0 spiro atoms. The molecule has 1 fully saturated rings. The molecular formula is C11H20N2O4. The van der Waals surface area contributed by atoms with Crippen LogP contribution in [0.2, 0.25) is 0 Å². The van der Waals surface area contributed by atoms with Gasteiger partial charge in [0.2, 0.25) is 5.91 Å². The van der Waals surface area contributed by atoms with Crippen molar-refractivity contribution in [1.29, 1.82) is 0 Å². The van der Waals surface area contributed by atoms with Crippen LogP contribution < -0.4 is 0 Å². The van der Waals surface area contributed by atoms with Gasteiger partial charge in [0, 0.05) is 26.2 Å². The molecule has 0 aliphatic carbocycles. The van der Waals surface area contributed by atoms with E-state index in [1.807, 2.05) is 0 Å². The fourth-order valence-electron chi connectivity index (χ4n) is 1.92. The van der Waals surface area contributed by atoms with Gasteiger partial charge < -0.3 is 15.1 Å². The number of rotatable bonds is 7. The minimum atomic E-state index is -0.887. The molecule has 0 bridgehead atoms.